The molecule has 1 saturated heterocycles. The van der Waals surface area contributed by atoms with Gasteiger partial charge in [-0.3, -0.25) is 9.69 Å². The molecule has 0 atom stereocenters. The zero-order valence-electron chi connectivity index (χ0n) is 20.4. The number of nitrogens with zero attached hydrogens (tertiary/aromatic N) is 2. The van der Waals surface area contributed by atoms with E-state index in [-0.39, 0.29) is 5.91 Å². The van der Waals surface area contributed by atoms with Crippen molar-refractivity contribution in [3.63, 3.8) is 0 Å². The minimum atomic E-state index is -0.0102. The minimum Gasteiger partial charge on any atom is -0.489 e. The summed E-state index contributed by atoms with van der Waals surface area (Å²) >= 11 is 1.42. The van der Waals surface area contributed by atoms with E-state index in [9.17, 15) is 4.79 Å². The van der Waals surface area contributed by atoms with Crippen LogP contribution in [-0.4, -0.2) is 22.5 Å². The van der Waals surface area contributed by atoms with Crippen LogP contribution in [0.1, 0.15) is 40.3 Å². The fraction of sp³-hybridized carbons (Fsp3) is 0.241. The molecule has 1 amide bonds. The van der Waals surface area contributed by atoms with Gasteiger partial charge in [-0.05, 0) is 99.0 Å². The van der Waals surface area contributed by atoms with E-state index >= 15 is 0 Å². The van der Waals surface area contributed by atoms with Gasteiger partial charge in [0.25, 0.3) is 5.91 Å². The molecule has 5 heteroatoms. The van der Waals surface area contributed by atoms with Crippen LogP contribution >= 0.6 is 11.8 Å². The lowest BCUT2D eigenvalue weighted by molar-refractivity contribution is -0.122. The average Bonchev–Trinajstić information content (AvgIpc) is 3.09. The second-order valence-corrected chi connectivity index (χ2v) is 9.63. The van der Waals surface area contributed by atoms with Gasteiger partial charge in [0, 0.05) is 6.54 Å². The van der Waals surface area contributed by atoms with E-state index < -0.39 is 0 Å². The van der Waals surface area contributed by atoms with Crippen LogP contribution in [0.2, 0.25) is 0 Å². The van der Waals surface area contributed by atoms with Gasteiger partial charge in [-0.25, -0.2) is 4.99 Å². The summed E-state index contributed by atoms with van der Waals surface area (Å²) in [6.45, 7) is 11.5. The Labute approximate surface area is 206 Å². The zero-order chi connectivity index (χ0) is 24.2. The summed E-state index contributed by atoms with van der Waals surface area (Å²) in [5.74, 6) is 0.799. The number of amidine groups is 1. The van der Waals surface area contributed by atoms with Gasteiger partial charge in [0.2, 0.25) is 0 Å². The highest BCUT2D eigenvalue weighted by atomic mass is 32.2. The molecule has 1 aliphatic rings. The first-order valence-corrected chi connectivity index (χ1v) is 12.3. The Balaban J connectivity index is 1.47. The third-order valence-electron chi connectivity index (χ3n) is 5.86. The molecular weight excluding hydrogens is 440 g/mol. The summed E-state index contributed by atoms with van der Waals surface area (Å²) in [7, 11) is 0. The van der Waals surface area contributed by atoms with Crippen molar-refractivity contribution in [2.75, 3.05) is 6.54 Å². The maximum absolute atomic E-state index is 12.9. The number of amides is 1. The molecule has 0 aromatic heterocycles. The smallest absolute Gasteiger partial charge is 0.266 e. The monoisotopic (exact) mass is 470 g/mol. The number of thioether (sulfide) groups is 1. The van der Waals surface area contributed by atoms with Crippen molar-refractivity contribution in [2.24, 2.45) is 4.99 Å². The van der Waals surface area contributed by atoms with Gasteiger partial charge < -0.3 is 4.74 Å². The summed E-state index contributed by atoms with van der Waals surface area (Å²) in [6.07, 6.45) is 1.92. The first kappa shape index (κ1) is 23.8. The maximum Gasteiger partial charge on any atom is 0.266 e. The van der Waals surface area contributed by atoms with Crippen molar-refractivity contribution >= 4 is 34.6 Å². The second kappa shape index (κ2) is 10.3. The molecule has 4 nitrogen and oxygen atoms in total. The summed E-state index contributed by atoms with van der Waals surface area (Å²) in [5.41, 5.74) is 7.98. The van der Waals surface area contributed by atoms with Crippen LogP contribution in [0.5, 0.6) is 5.75 Å². The van der Waals surface area contributed by atoms with Crippen LogP contribution in [0.15, 0.2) is 70.6 Å². The third-order valence-corrected chi connectivity index (χ3v) is 6.87. The molecule has 0 bridgehead atoms. The lowest BCUT2D eigenvalue weighted by Gasteiger charge is -2.13. The van der Waals surface area contributed by atoms with Crippen molar-refractivity contribution in [3.8, 4) is 5.75 Å². The van der Waals surface area contributed by atoms with Gasteiger partial charge in [-0.1, -0.05) is 47.5 Å². The maximum atomic E-state index is 12.9. The normalized spacial score (nSPS) is 16.0. The molecule has 0 radical (unpaired) electrons. The molecule has 0 unspecified atom stereocenters. The molecule has 3 aromatic rings. The Morgan fingerprint density at radius 1 is 0.912 bits per heavy atom. The van der Waals surface area contributed by atoms with Crippen molar-refractivity contribution in [1.82, 2.24) is 4.90 Å². The Morgan fingerprint density at radius 2 is 1.56 bits per heavy atom. The summed E-state index contributed by atoms with van der Waals surface area (Å²) in [5, 5.41) is 0.714. The predicted molar refractivity (Wildman–Crippen MR) is 143 cm³/mol. The van der Waals surface area contributed by atoms with Gasteiger partial charge in [0.05, 0.1) is 10.6 Å². The lowest BCUT2D eigenvalue weighted by atomic mass is 10.0. The van der Waals surface area contributed by atoms with Crippen LogP contribution in [0.4, 0.5) is 5.69 Å². The summed E-state index contributed by atoms with van der Waals surface area (Å²) in [4.78, 5) is 20.0. The molecular formula is C29H30N2O2S. The van der Waals surface area contributed by atoms with Crippen LogP contribution in [-0.2, 0) is 11.4 Å². The largest absolute Gasteiger partial charge is 0.489 e. The fourth-order valence-electron chi connectivity index (χ4n) is 4.00. The SMILES string of the molecule is CCN1C(=O)/C(=C\c2ccc(OCc3c(C)cc(C)cc3C)cc2)SC1=Nc1ccc(C)cc1. The van der Waals surface area contributed by atoms with Crippen molar-refractivity contribution in [1.29, 1.82) is 0 Å². The Hall–Kier alpha value is -3.31. The van der Waals surface area contributed by atoms with E-state index in [0.717, 1.165) is 17.0 Å². The lowest BCUT2D eigenvalue weighted by Crippen LogP contribution is -2.28. The van der Waals surface area contributed by atoms with Crippen LogP contribution in [0.25, 0.3) is 6.08 Å². The highest BCUT2D eigenvalue weighted by Crippen LogP contribution is 2.34. The molecule has 0 N–H and O–H groups in total. The molecule has 34 heavy (non-hydrogen) atoms. The van der Waals surface area contributed by atoms with Crippen molar-refractivity contribution in [2.45, 2.75) is 41.2 Å². The number of hydrogen-bond acceptors (Lipinski definition) is 4. The topological polar surface area (TPSA) is 41.9 Å². The van der Waals surface area contributed by atoms with E-state index in [0.29, 0.717) is 23.2 Å². The van der Waals surface area contributed by atoms with E-state index in [2.05, 4.69) is 32.9 Å². The Kier molecular flexibility index (Phi) is 7.23. The molecule has 1 aliphatic heterocycles. The van der Waals surface area contributed by atoms with Crippen LogP contribution < -0.4 is 4.74 Å². The van der Waals surface area contributed by atoms with Crippen molar-refractivity contribution < 1.29 is 9.53 Å². The van der Waals surface area contributed by atoms with Crippen LogP contribution in [0.3, 0.4) is 0 Å². The fourth-order valence-corrected chi connectivity index (χ4v) is 5.07. The molecule has 1 heterocycles. The minimum absolute atomic E-state index is 0.0102. The van der Waals surface area contributed by atoms with E-state index in [1.165, 1.54) is 39.6 Å². The number of ether oxygens (including phenoxy) is 1. The standard InChI is InChI=1S/C29H30N2O2S/c1-6-31-28(32)27(34-29(31)30-24-11-7-19(2)8-12-24)17-23-9-13-25(14-10-23)33-18-26-21(4)15-20(3)16-22(26)5/h7-17H,6,18H2,1-5H3/b27-17+,30-29?. The van der Waals surface area contributed by atoms with Crippen molar-refractivity contribution in [3.05, 3.63) is 98.9 Å². The first-order chi connectivity index (χ1) is 16.3. The Bertz CT molecular complexity index is 1240. The Morgan fingerprint density at radius 3 is 2.18 bits per heavy atom. The van der Waals surface area contributed by atoms with E-state index in [1.54, 1.807) is 4.90 Å². The quantitative estimate of drug-likeness (QED) is 0.360. The number of aliphatic imine (C=N–C) groups is 1. The highest BCUT2D eigenvalue weighted by molar-refractivity contribution is 8.18. The third kappa shape index (κ3) is 5.42. The number of carbonyl (C=O) groups excluding carboxylic acids is 1. The number of benzene rings is 3. The van der Waals surface area contributed by atoms with Gasteiger partial charge in [-0.2, -0.15) is 0 Å². The summed E-state index contributed by atoms with van der Waals surface area (Å²) in [6, 6.07) is 20.2. The second-order valence-electron chi connectivity index (χ2n) is 8.62. The number of likely N-dealkylation sites (N-methyl/N-ethyl adjacent to an activating group) is 1. The van der Waals surface area contributed by atoms with Gasteiger partial charge in [0.1, 0.15) is 12.4 Å². The molecule has 0 aliphatic carbocycles. The summed E-state index contributed by atoms with van der Waals surface area (Å²) < 4.78 is 6.05. The first-order valence-electron chi connectivity index (χ1n) is 11.5. The average molecular weight is 471 g/mol. The molecule has 0 saturated carbocycles. The van der Waals surface area contributed by atoms with Gasteiger partial charge in [-0.15, -0.1) is 0 Å². The number of aryl methyl sites for hydroxylation is 4. The van der Waals surface area contributed by atoms with Gasteiger partial charge >= 0.3 is 0 Å². The predicted octanol–water partition coefficient (Wildman–Crippen LogP) is 7.12. The number of carbonyl (C=O) groups is 1. The highest BCUT2D eigenvalue weighted by Gasteiger charge is 2.32. The molecule has 4 rings (SSSR count). The van der Waals surface area contributed by atoms with Crippen LogP contribution in [0, 0.1) is 27.7 Å². The zero-order valence-corrected chi connectivity index (χ0v) is 21.2. The molecule has 3 aromatic carbocycles. The number of hydrogen-bond donors (Lipinski definition) is 0. The van der Waals surface area contributed by atoms with E-state index in [1.807, 2.05) is 68.5 Å². The molecule has 174 valence electrons. The van der Waals surface area contributed by atoms with Gasteiger partial charge in [0.15, 0.2) is 5.17 Å². The molecule has 0 spiro atoms. The molecule has 1 fully saturated rings. The van der Waals surface area contributed by atoms with E-state index in [4.69, 9.17) is 9.73 Å². The number of rotatable bonds is 6.